The van der Waals surface area contributed by atoms with Crippen LogP contribution >= 0.6 is 18.1 Å². The fraction of sp³-hybridized carbons (Fsp3) is 0.500. The number of nitrogens with one attached hydrogen (secondary N) is 1. The number of nitrogens with two attached hydrogens (primary N) is 1. The SMILES string of the molecule is COc1nc(N)nc2c1ncn2[C@@H]1O[C@H](CO[P@]2(=O)NC(C(=O)O[C@H](C)c3ccccc3)CCS2)[C@@H](O)[C@@]1(C)O. The van der Waals surface area contributed by atoms with Crippen molar-refractivity contribution >= 4 is 41.2 Å². The molecule has 40 heavy (non-hydrogen) atoms. The Morgan fingerprint density at radius 3 is 2.85 bits per heavy atom. The summed E-state index contributed by atoms with van der Waals surface area (Å²) in [7, 11) is 1.41. The number of carbonyl (C=O) groups is 1. The van der Waals surface area contributed by atoms with Gasteiger partial charge in [-0.25, -0.2) is 10.1 Å². The summed E-state index contributed by atoms with van der Waals surface area (Å²) in [5, 5.41) is 24.9. The molecule has 0 saturated carbocycles. The van der Waals surface area contributed by atoms with Gasteiger partial charge in [0, 0.05) is 5.75 Å². The van der Waals surface area contributed by atoms with Crippen molar-refractivity contribution in [3.05, 3.63) is 42.2 Å². The highest BCUT2D eigenvalue weighted by atomic mass is 32.7. The van der Waals surface area contributed by atoms with Crippen LogP contribution in [0.1, 0.15) is 38.2 Å². The summed E-state index contributed by atoms with van der Waals surface area (Å²) >= 11 is 1.05. The van der Waals surface area contributed by atoms with Gasteiger partial charge in [-0.2, -0.15) is 9.97 Å². The van der Waals surface area contributed by atoms with Crippen LogP contribution in [-0.4, -0.2) is 79.0 Å². The molecular weight excluding hydrogens is 563 g/mol. The van der Waals surface area contributed by atoms with E-state index in [1.165, 1.54) is 24.9 Å². The number of carbonyl (C=O) groups excluding carboxylic acids is 1. The number of methoxy groups -OCH3 is 1. The Kier molecular flexibility index (Phi) is 8.08. The number of fused-ring (bicyclic) bond motifs is 1. The first kappa shape index (κ1) is 28.7. The number of hydrogen-bond acceptors (Lipinski definition) is 13. The van der Waals surface area contributed by atoms with Gasteiger partial charge in [-0.05, 0) is 25.8 Å². The highest BCUT2D eigenvalue weighted by molar-refractivity contribution is 8.56. The number of aromatic nitrogens is 4. The molecule has 2 aliphatic rings. The second-order valence-electron chi connectivity index (χ2n) is 9.70. The molecule has 1 aromatic carbocycles. The van der Waals surface area contributed by atoms with Crippen LogP contribution in [0.15, 0.2) is 36.7 Å². The predicted octanol–water partition coefficient (Wildman–Crippen LogP) is 1.95. The average Bonchev–Trinajstić information content (AvgIpc) is 3.45. The molecule has 2 saturated heterocycles. The smallest absolute Gasteiger partial charge is 0.327 e. The third kappa shape index (κ3) is 5.55. The van der Waals surface area contributed by atoms with E-state index in [2.05, 4.69) is 20.0 Å². The first-order chi connectivity index (χ1) is 19.0. The van der Waals surface area contributed by atoms with Crippen LogP contribution in [0.2, 0.25) is 0 Å². The molecule has 0 radical (unpaired) electrons. The summed E-state index contributed by atoms with van der Waals surface area (Å²) in [5.74, 6) is -0.0791. The zero-order chi connectivity index (χ0) is 28.7. The molecule has 5 N–H and O–H groups in total. The molecule has 1 unspecified atom stereocenters. The first-order valence-corrected chi connectivity index (χ1v) is 15.8. The number of esters is 1. The Balaban J connectivity index is 1.25. The normalized spacial score (nSPS) is 31.2. The molecule has 7 atom stereocenters. The standard InChI is InChI=1S/C24H31N6O8PS/c1-13(14-7-5-4-6-8-14)37-21(32)15-9-10-40-39(34,29-15)36-11-16-18(31)24(2,33)22(38-16)30-12-26-17-19(30)27-23(25)28-20(17)35-3/h4-8,12-13,15-16,18,22,31,33H,9-11H2,1-3H3,(H,29,34)(H2,25,27,28)/t13-,15?,16-,18-,22-,24-,39-/m1/s1. The molecule has 4 heterocycles. The van der Waals surface area contributed by atoms with Crippen molar-refractivity contribution in [3.63, 3.8) is 0 Å². The number of rotatable bonds is 8. The van der Waals surface area contributed by atoms with Crippen molar-refractivity contribution in [1.82, 2.24) is 24.6 Å². The summed E-state index contributed by atoms with van der Waals surface area (Å²) in [6.45, 7) is -0.748. The Morgan fingerprint density at radius 2 is 2.12 bits per heavy atom. The van der Waals surface area contributed by atoms with Crippen molar-refractivity contribution in [3.8, 4) is 5.88 Å². The third-order valence-electron chi connectivity index (χ3n) is 6.84. The van der Waals surface area contributed by atoms with Gasteiger partial charge in [0.2, 0.25) is 11.8 Å². The van der Waals surface area contributed by atoms with Crippen molar-refractivity contribution in [2.45, 2.75) is 56.5 Å². The molecule has 0 aliphatic carbocycles. The lowest BCUT2D eigenvalue weighted by Gasteiger charge is -2.30. The number of benzene rings is 1. The van der Waals surface area contributed by atoms with E-state index in [-0.39, 0.29) is 29.6 Å². The van der Waals surface area contributed by atoms with Gasteiger partial charge in [0.25, 0.3) is 0 Å². The topological polar surface area (TPSA) is 193 Å². The number of anilines is 1. The zero-order valence-electron chi connectivity index (χ0n) is 22.0. The predicted molar refractivity (Wildman–Crippen MR) is 145 cm³/mol. The van der Waals surface area contributed by atoms with Crippen molar-refractivity contribution in [1.29, 1.82) is 0 Å². The number of nitrogens with zero attached hydrogens (tertiary/aromatic N) is 4. The number of aliphatic hydroxyl groups is 2. The molecule has 16 heteroatoms. The van der Waals surface area contributed by atoms with Crippen molar-refractivity contribution in [2.24, 2.45) is 0 Å². The number of hydrogen-bond donors (Lipinski definition) is 4. The summed E-state index contributed by atoms with van der Waals surface area (Å²) in [5.41, 5.74) is 5.34. The van der Waals surface area contributed by atoms with E-state index < -0.39 is 48.9 Å². The minimum Gasteiger partial charge on any atom is -0.479 e. The van der Waals surface area contributed by atoms with Gasteiger partial charge in [0.05, 0.1) is 20.0 Å². The summed E-state index contributed by atoms with van der Waals surface area (Å²) in [4.78, 5) is 25.2. The minimum absolute atomic E-state index is 0.0751. The second kappa shape index (κ2) is 11.2. The molecule has 0 amide bonds. The van der Waals surface area contributed by atoms with Gasteiger partial charge < -0.3 is 34.7 Å². The highest BCUT2D eigenvalue weighted by Crippen LogP contribution is 2.59. The molecule has 0 bridgehead atoms. The van der Waals surface area contributed by atoms with Crippen molar-refractivity contribution < 1.29 is 38.3 Å². The third-order valence-corrected chi connectivity index (χ3v) is 10.9. The molecule has 2 fully saturated rings. The number of aliphatic hydroxyl groups excluding tert-OH is 1. The number of ether oxygens (including phenoxy) is 3. The zero-order valence-corrected chi connectivity index (χ0v) is 23.7. The lowest BCUT2D eigenvalue weighted by molar-refractivity contribution is -0.150. The van der Waals surface area contributed by atoms with E-state index in [1.807, 2.05) is 30.3 Å². The van der Waals surface area contributed by atoms with E-state index in [4.69, 9.17) is 24.5 Å². The monoisotopic (exact) mass is 594 g/mol. The van der Waals surface area contributed by atoms with Gasteiger partial charge >= 0.3 is 12.7 Å². The van der Waals surface area contributed by atoms with Crippen LogP contribution in [0.4, 0.5) is 5.95 Å². The Bertz CT molecular complexity index is 1430. The van der Waals surface area contributed by atoms with E-state index in [0.717, 1.165) is 16.9 Å². The Labute approximate surface area is 233 Å². The van der Waals surface area contributed by atoms with E-state index in [1.54, 1.807) is 6.92 Å². The first-order valence-electron chi connectivity index (χ1n) is 12.5. The lowest BCUT2D eigenvalue weighted by Crippen LogP contribution is -2.44. The maximum atomic E-state index is 13.5. The van der Waals surface area contributed by atoms with Gasteiger partial charge in [-0.15, -0.1) is 0 Å². The van der Waals surface area contributed by atoms with Crippen LogP contribution in [-0.2, 0) is 23.4 Å². The largest absolute Gasteiger partial charge is 0.479 e. The quantitative estimate of drug-likeness (QED) is 0.218. The van der Waals surface area contributed by atoms with Gasteiger partial charge in [-0.1, -0.05) is 41.7 Å². The molecule has 14 nitrogen and oxygen atoms in total. The minimum atomic E-state index is -3.58. The van der Waals surface area contributed by atoms with E-state index >= 15 is 0 Å². The van der Waals surface area contributed by atoms with Crippen molar-refractivity contribution in [2.75, 3.05) is 25.2 Å². The summed E-state index contributed by atoms with van der Waals surface area (Å²) in [6, 6.07) is 8.46. The highest BCUT2D eigenvalue weighted by Gasteiger charge is 2.54. The van der Waals surface area contributed by atoms with E-state index in [0.29, 0.717) is 12.2 Å². The van der Waals surface area contributed by atoms with Crippen LogP contribution in [0.5, 0.6) is 5.88 Å². The Hall–Kier alpha value is -2.78. The molecule has 3 aromatic rings. The summed E-state index contributed by atoms with van der Waals surface area (Å²) in [6.07, 6.45) is -2.35. The fourth-order valence-electron chi connectivity index (χ4n) is 4.65. The molecule has 5 rings (SSSR count). The maximum Gasteiger partial charge on any atom is 0.327 e. The van der Waals surface area contributed by atoms with E-state index in [9.17, 15) is 19.6 Å². The van der Waals surface area contributed by atoms with Crippen LogP contribution in [0.3, 0.4) is 0 Å². The van der Waals surface area contributed by atoms with Crippen LogP contribution in [0, 0.1) is 0 Å². The molecule has 2 aliphatic heterocycles. The molecular formula is C24H31N6O8PS. The van der Waals surface area contributed by atoms with Gasteiger partial charge in [0.1, 0.15) is 30.0 Å². The second-order valence-corrected chi connectivity index (χ2v) is 14.1. The summed E-state index contributed by atoms with van der Waals surface area (Å²) < 4.78 is 37.4. The lowest BCUT2D eigenvalue weighted by atomic mass is 9.96. The van der Waals surface area contributed by atoms with Crippen LogP contribution < -0.4 is 15.6 Å². The average molecular weight is 595 g/mol. The van der Waals surface area contributed by atoms with Gasteiger partial charge in [0.15, 0.2) is 17.4 Å². The fourth-order valence-corrected chi connectivity index (χ4v) is 8.46. The molecule has 0 spiro atoms. The maximum absolute atomic E-state index is 13.5. The number of imidazole rings is 1. The van der Waals surface area contributed by atoms with Gasteiger partial charge in [-0.3, -0.25) is 13.9 Å². The molecule has 216 valence electrons. The molecule has 2 aromatic heterocycles. The van der Waals surface area contributed by atoms with Crippen LogP contribution in [0.25, 0.3) is 11.2 Å². The number of nitrogen functional groups attached to an aromatic ring is 1. The Morgan fingerprint density at radius 1 is 1.38 bits per heavy atom.